The normalized spacial score (nSPS) is 14.2. The monoisotopic (exact) mass is 820 g/mol. The van der Waals surface area contributed by atoms with E-state index in [9.17, 15) is 0 Å². The summed E-state index contributed by atoms with van der Waals surface area (Å²) < 4.78 is 0. The van der Waals surface area contributed by atoms with Crippen LogP contribution in [0.2, 0.25) is 0 Å². The highest BCUT2D eigenvalue weighted by molar-refractivity contribution is 6.11. The molecule has 0 aromatic heterocycles. The third-order valence-corrected chi connectivity index (χ3v) is 14.2. The fraction of sp³-hybridized carbons (Fsp3) is 0.0968. The minimum Gasteiger partial charge on any atom is -0.310 e. The van der Waals surface area contributed by atoms with Gasteiger partial charge in [0, 0.05) is 38.7 Å². The molecule has 0 unspecified atom stereocenters. The summed E-state index contributed by atoms with van der Waals surface area (Å²) in [7, 11) is 0. The minimum atomic E-state index is -0.325. The van der Waals surface area contributed by atoms with Crippen LogP contribution in [0.1, 0.15) is 49.9 Å². The first-order chi connectivity index (χ1) is 31.3. The highest BCUT2D eigenvalue weighted by Gasteiger charge is 2.40. The average Bonchev–Trinajstić information content (AvgIpc) is 3.57. The molecule has 12 rings (SSSR count). The zero-order valence-corrected chi connectivity index (χ0v) is 36.7. The largest absolute Gasteiger partial charge is 0.310 e. The van der Waals surface area contributed by atoms with Crippen LogP contribution >= 0.6 is 0 Å². The second-order valence-electron chi connectivity index (χ2n) is 18.5. The molecule has 0 atom stereocenters. The number of anilines is 6. The van der Waals surface area contributed by atoms with Gasteiger partial charge in [-0.25, -0.2) is 0 Å². The Balaban J connectivity index is 1.12. The van der Waals surface area contributed by atoms with E-state index in [1.807, 2.05) is 0 Å². The van der Waals surface area contributed by atoms with Gasteiger partial charge in [0.2, 0.25) is 0 Å². The van der Waals surface area contributed by atoms with E-state index >= 15 is 0 Å². The van der Waals surface area contributed by atoms with Crippen molar-refractivity contribution in [3.63, 3.8) is 0 Å². The van der Waals surface area contributed by atoms with Crippen molar-refractivity contribution in [2.75, 3.05) is 9.80 Å². The van der Waals surface area contributed by atoms with E-state index in [2.05, 4.69) is 256 Å². The number of rotatable bonds is 6. The molecule has 0 saturated carbocycles. The first-order valence-electron chi connectivity index (χ1n) is 22.5. The van der Waals surface area contributed by atoms with Crippen LogP contribution < -0.4 is 9.80 Å². The number of hydrogen-bond donors (Lipinski definition) is 0. The molecule has 0 bridgehead atoms. The van der Waals surface area contributed by atoms with Crippen LogP contribution in [0.3, 0.4) is 0 Å². The fourth-order valence-electron chi connectivity index (χ4n) is 11.0. The van der Waals surface area contributed by atoms with Gasteiger partial charge in [0.25, 0.3) is 0 Å². The molecule has 2 heteroatoms. The Hall–Kier alpha value is -7.68. The predicted octanol–water partition coefficient (Wildman–Crippen LogP) is 17.2. The average molecular weight is 821 g/mol. The fourth-order valence-corrected chi connectivity index (χ4v) is 11.0. The molecule has 0 N–H and O–H groups in total. The van der Waals surface area contributed by atoms with Gasteiger partial charge in [-0.05, 0) is 103 Å². The standard InChI is InChI=1S/C62H48N2/c1-61(2)53-29-14-12-27-50(53)51-37-34-44(39-55(51)61)63(57-31-16-13-25-47(57)42-19-6-5-7-20-42)45-35-38-59-56(40-45)62(3,4)54-30-15-17-32-58(54)64(59)60-48-26-11-9-22-43(48)33-36-52(60)49-28-18-23-41-21-8-10-24-46(41)49/h5-40H,1-4H3. The van der Waals surface area contributed by atoms with E-state index < -0.39 is 0 Å². The number of hydrogen-bond acceptors (Lipinski definition) is 2. The van der Waals surface area contributed by atoms with Crippen LogP contribution in [-0.2, 0) is 10.8 Å². The maximum Gasteiger partial charge on any atom is 0.0618 e. The van der Waals surface area contributed by atoms with E-state index in [-0.39, 0.29) is 10.8 Å². The summed E-state index contributed by atoms with van der Waals surface area (Å²) >= 11 is 0. The molecule has 0 spiro atoms. The van der Waals surface area contributed by atoms with E-state index in [1.54, 1.807) is 0 Å². The zero-order chi connectivity index (χ0) is 43.2. The van der Waals surface area contributed by atoms with Gasteiger partial charge in [-0.15, -0.1) is 0 Å². The maximum absolute atomic E-state index is 2.57. The summed E-state index contributed by atoms with van der Waals surface area (Å²) in [5.41, 5.74) is 19.3. The lowest BCUT2D eigenvalue weighted by atomic mass is 9.73. The van der Waals surface area contributed by atoms with Crippen LogP contribution in [0.4, 0.5) is 34.1 Å². The second kappa shape index (κ2) is 14.4. The lowest BCUT2D eigenvalue weighted by molar-refractivity contribution is 0.632. The van der Waals surface area contributed by atoms with Crippen molar-refractivity contribution in [2.45, 2.75) is 38.5 Å². The highest BCUT2D eigenvalue weighted by atomic mass is 15.2. The molecule has 1 heterocycles. The lowest BCUT2D eigenvalue weighted by Gasteiger charge is -2.43. The lowest BCUT2D eigenvalue weighted by Crippen LogP contribution is -2.31. The molecule has 2 nitrogen and oxygen atoms in total. The van der Waals surface area contributed by atoms with Gasteiger partial charge in [-0.1, -0.05) is 204 Å². The van der Waals surface area contributed by atoms with Crippen molar-refractivity contribution in [3.8, 4) is 33.4 Å². The Bertz CT molecular complexity index is 3460. The van der Waals surface area contributed by atoms with Crippen LogP contribution in [-0.4, -0.2) is 0 Å². The summed E-state index contributed by atoms with van der Waals surface area (Å²) in [4.78, 5) is 5.07. The molecule has 0 saturated heterocycles. The van der Waals surface area contributed by atoms with Gasteiger partial charge in [0.1, 0.15) is 0 Å². The molecule has 1 aliphatic carbocycles. The first-order valence-corrected chi connectivity index (χ1v) is 22.5. The maximum atomic E-state index is 2.57. The summed E-state index contributed by atoms with van der Waals surface area (Å²) in [6.07, 6.45) is 0. The van der Waals surface area contributed by atoms with Gasteiger partial charge >= 0.3 is 0 Å². The van der Waals surface area contributed by atoms with Crippen molar-refractivity contribution >= 4 is 55.7 Å². The van der Waals surface area contributed by atoms with Gasteiger partial charge in [-0.3, -0.25) is 0 Å². The summed E-state index contributed by atoms with van der Waals surface area (Å²) in [5.74, 6) is 0. The Morgan fingerprint density at radius 2 is 0.875 bits per heavy atom. The molecule has 0 amide bonds. The van der Waals surface area contributed by atoms with Crippen LogP contribution in [0.25, 0.3) is 54.9 Å². The second-order valence-corrected chi connectivity index (χ2v) is 18.5. The molecule has 1 aliphatic heterocycles. The Kier molecular flexibility index (Phi) is 8.58. The number of fused-ring (bicyclic) bond motifs is 7. The molecule has 2 aliphatic rings. The number of nitrogens with zero attached hydrogens (tertiary/aromatic N) is 2. The minimum absolute atomic E-state index is 0.144. The van der Waals surface area contributed by atoms with E-state index in [4.69, 9.17) is 0 Å². The molecular formula is C62H48N2. The third kappa shape index (κ3) is 5.72. The van der Waals surface area contributed by atoms with Crippen molar-refractivity contribution < 1.29 is 0 Å². The van der Waals surface area contributed by atoms with E-state index in [0.717, 1.165) is 17.1 Å². The Morgan fingerprint density at radius 1 is 0.344 bits per heavy atom. The third-order valence-electron chi connectivity index (χ3n) is 14.2. The van der Waals surface area contributed by atoms with E-state index in [0.29, 0.717) is 0 Å². The molecule has 0 radical (unpaired) electrons. The summed E-state index contributed by atoms with van der Waals surface area (Å²) in [6.45, 7) is 9.55. The van der Waals surface area contributed by atoms with Crippen LogP contribution in [0.5, 0.6) is 0 Å². The van der Waals surface area contributed by atoms with Gasteiger partial charge in [-0.2, -0.15) is 0 Å². The summed E-state index contributed by atoms with van der Waals surface area (Å²) in [5, 5.41) is 4.92. The topological polar surface area (TPSA) is 6.48 Å². The first kappa shape index (κ1) is 38.0. The van der Waals surface area contributed by atoms with Crippen molar-refractivity contribution in [3.05, 3.63) is 241 Å². The van der Waals surface area contributed by atoms with Gasteiger partial charge in [0.15, 0.2) is 0 Å². The molecule has 306 valence electrons. The van der Waals surface area contributed by atoms with Crippen LogP contribution in [0.15, 0.2) is 218 Å². The number of para-hydroxylation sites is 2. The van der Waals surface area contributed by atoms with Crippen LogP contribution in [0, 0.1) is 0 Å². The highest BCUT2D eigenvalue weighted by Crippen LogP contribution is 2.57. The zero-order valence-electron chi connectivity index (χ0n) is 36.7. The Morgan fingerprint density at radius 3 is 1.69 bits per heavy atom. The van der Waals surface area contributed by atoms with Crippen molar-refractivity contribution in [1.29, 1.82) is 0 Å². The van der Waals surface area contributed by atoms with Gasteiger partial charge < -0.3 is 9.80 Å². The molecule has 10 aromatic rings. The smallest absolute Gasteiger partial charge is 0.0618 e. The quantitative estimate of drug-likeness (QED) is 0.165. The Labute approximate surface area is 376 Å². The SMILES string of the molecule is CC1(C)c2ccccc2-c2ccc(N(c3ccc4c(c3)C(C)(C)c3ccccc3N4c3c(-c4cccc5ccccc45)ccc4ccccc34)c3ccccc3-c3ccccc3)cc21. The molecule has 64 heavy (non-hydrogen) atoms. The summed E-state index contributed by atoms with van der Waals surface area (Å²) in [6, 6.07) is 81.0. The van der Waals surface area contributed by atoms with Gasteiger partial charge in [0.05, 0.1) is 22.7 Å². The molecule has 0 fully saturated rings. The van der Waals surface area contributed by atoms with Crippen molar-refractivity contribution in [2.24, 2.45) is 0 Å². The van der Waals surface area contributed by atoms with Crippen molar-refractivity contribution in [1.82, 2.24) is 0 Å². The molecular weight excluding hydrogens is 773 g/mol. The number of benzene rings is 10. The van der Waals surface area contributed by atoms with E-state index in [1.165, 1.54) is 94.2 Å². The molecule has 10 aromatic carbocycles. The predicted molar refractivity (Wildman–Crippen MR) is 271 cm³/mol.